The smallest absolute Gasteiger partial charge is 0.872 e. The third-order valence-corrected chi connectivity index (χ3v) is 13.0. The molecular weight excluding hydrogens is 889 g/mol. The molecule has 0 atom stereocenters. The summed E-state index contributed by atoms with van der Waals surface area (Å²) in [6.07, 6.45) is 30.5. The molecule has 65 heavy (non-hydrogen) atoms. The van der Waals surface area contributed by atoms with Crippen molar-refractivity contribution < 1.29 is 45.6 Å². The topological polar surface area (TPSA) is 173 Å². The van der Waals surface area contributed by atoms with Crippen molar-refractivity contribution in [1.82, 2.24) is 0 Å². The van der Waals surface area contributed by atoms with Crippen LogP contribution in [0.25, 0.3) is 0 Å². The Morgan fingerprint density at radius 3 is 1.17 bits per heavy atom. The van der Waals surface area contributed by atoms with Crippen LogP contribution in [0.1, 0.15) is 179 Å². The number of aryl methyl sites for hydroxylation is 2. The van der Waals surface area contributed by atoms with Gasteiger partial charge < -0.3 is 24.2 Å². The number of para-hydroxylation sites is 2. The van der Waals surface area contributed by atoms with Gasteiger partial charge in [0, 0.05) is 6.07 Å². The van der Waals surface area contributed by atoms with Crippen LogP contribution in [-0.2, 0) is 33.1 Å². The van der Waals surface area contributed by atoms with E-state index in [9.17, 15) is 36.2 Å². The van der Waals surface area contributed by atoms with Crippen LogP contribution in [0.15, 0.2) is 94.7 Å². The molecule has 0 aliphatic carbocycles. The fraction of sp³-hybridized carbons (Fsp3) is 0.538. The van der Waals surface area contributed by atoms with E-state index in [4.69, 9.17) is 9.47 Å². The van der Waals surface area contributed by atoms with Gasteiger partial charge in [0.2, 0.25) is 0 Å². The van der Waals surface area contributed by atoms with Crippen LogP contribution in [0.3, 0.4) is 0 Å². The molecule has 0 unspecified atom stereocenters. The first-order valence-corrected chi connectivity index (χ1v) is 26.8. The van der Waals surface area contributed by atoms with Crippen molar-refractivity contribution in [3.05, 3.63) is 96.1 Å². The molecule has 0 aromatic heterocycles. The Hall–Kier alpha value is -2.84. The molecule has 13 heteroatoms. The van der Waals surface area contributed by atoms with Crippen LogP contribution < -0.4 is 14.6 Å². The molecule has 0 amide bonds. The van der Waals surface area contributed by atoms with E-state index < -0.39 is 35.8 Å². The van der Waals surface area contributed by atoms with Gasteiger partial charge in [-0.1, -0.05) is 198 Å². The molecule has 356 valence electrons. The minimum absolute atomic E-state index is 0. The Kier molecular flexibility index (Phi) is 30.1. The first kappa shape index (κ1) is 58.3. The number of rotatable bonds is 32. The summed E-state index contributed by atoms with van der Waals surface area (Å²) in [5, 5.41) is 22.0. The van der Waals surface area contributed by atoms with Crippen molar-refractivity contribution in [2.75, 3.05) is 0 Å². The Bertz CT molecular complexity index is 1950. The first-order chi connectivity index (χ1) is 30.8. The van der Waals surface area contributed by atoms with E-state index in [2.05, 4.69) is 13.8 Å². The number of phenolic OH excluding ortho intramolecular Hbond substituents is 1. The van der Waals surface area contributed by atoms with E-state index in [1.807, 2.05) is 12.1 Å². The molecule has 4 rings (SSSR count). The fourth-order valence-electron chi connectivity index (χ4n) is 7.78. The zero-order chi connectivity index (χ0) is 46.5. The van der Waals surface area contributed by atoms with Gasteiger partial charge in [-0.3, -0.25) is 4.55 Å². The van der Waals surface area contributed by atoms with Crippen LogP contribution in [0, 0.1) is 0 Å². The molecule has 2 N–H and O–H groups in total. The Morgan fingerprint density at radius 2 is 0.815 bits per heavy atom. The monoisotopic (exact) mass is 962 g/mol. The largest absolute Gasteiger partial charge is 2.00 e. The van der Waals surface area contributed by atoms with Gasteiger partial charge in [0.1, 0.15) is 38.0 Å². The van der Waals surface area contributed by atoms with Crippen molar-refractivity contribution >= 4 is 58.0 Å². The fourth-order valence-corrected chi connectivity index (χ4v) is 9.12. The minimum Gasteiger partial charge on any atom is -0.872 e. The molecule has 0 fully saturated rings. The van der Waals surface area contributed by atoms with E-state index in [0.717, 1.165) is 50.7 Å². The third kappa shape index (κ3) is 24.7. The predicted molar refractivity (Wildman–Crippen MR) is 260 cm³/mol. The first-order valence-electron chi connectivity index (χ1n) is 23.9. The maximum absolute atomic E-state index is 12.0. The maximum atomic E-state index is 12.0. The normalized spacial score (nSPS) is 11.4. The van der Waals surface area contributed by atoms with Gasteiger partial charge in [-0.2, -0.15) is 8.42 Å². The molecular formula is C52H74CaO10S2. The second kappa shape index (κ2) is 33.6. The summed E-state index contributed by atoms with van der Waals surface area (Å²) in [7, 11) is -9.37. The predicted octanol–water partition coefficient (Wildman–Crippen LogP) is 14.0. The van der Waals surface area contributed by atoms with Crippen molar-refractivity contribution in [1.29, 1.82) is 0 Å². The van der Waals surface area contributed by atoms with E-state index in [1.165, 1.54) is 128 Å². The number of benzene rings is 4. The van der Waals surface area contributed by atoms with Gasteiger partial charge in [-0.25, -0.2) is 8.42 Å². The molecule has 0 saturated carbocycles. The van der Waals surface area contributed by atoms with Crippen molar-refractivity contribution in [3.63, 3.8) is 0 Å². The molecule has 0 radical (unpaired) electrons. The van der Waals surface area contributed by atoms with Crippen LogP contribution in [0.2, 0.25) is 0 Å². The summed E-state index contributed by atoms with van der Waals surface area (Å²) >= 11 is 0. The number of aromatic hydroxyl groups is 1. The SMILES string of the molecule is CCCCCCCCCCCCCCc1cc(O)cc(S(=O)(=O)O)c1Oc1ccccc1.CCCCCCCCCCCCCCc1cc([O-])cc(S(=O)(=O)[O-])c1Oc1ccccc1.[Ca+2]. The summed E-state index contributed by atoms with van der Waals surface area (Å²) < 4.78 is 80.3. The van der Waals surface area contributed by atoms with Crippen molar-refractivity contribution in [3.8, 4) is 34.5 Å². The van der Waals surface area contributed by atoms with Crippen molar-refractivity contribution in [2.45, 2.75) is 191 Å². The quantitative estimate of drug-likeness (QED) is 0.0272. The zero-order valence-electron chi connectivity index (χ0n) is 39.2. The summed E-state index contributed by atoms with van der Waals surface area (Å²) in [6.45, 7) is 4.48. The molecule has 0 aliphatic heterocycles. The van der Waals surface area contributed by atoms with Gasteiger partial charge in [0.25, 0.3) is 10.1 Å². The molecule has 0 spiro atoms. The standard InChI is InChI=1S/2C26H38O5S.Ca/c2*1-2-3-4-5-6-7-8-9-10-11-12-14-17-22-20-23(27)21-25(32(28,29)30)26(22)31-24-18-15-13-16-19-24;/h2*13,15-16,18-21,27H,2-12,14,17H2,1H3,(H,28,29,30);/q;;+2/p-2. The van der Waals surface area contributed by atoms with Crippen LogP contribution in [-0.4, -0.2) is 68.8 Å². The molecule has 4 aromatic carbocycles. The number of phenols is 1. The molecule has 4 aromatic rings. The summed E-state index contributed by atoms with van der Waals surface area (Å²) in [4.78, 5) is -0.988. The van der Waals surface area contributed by atoms with Gasteiger partial charge in [0.15, 0.2) is 5.75 Å². The van der Waals surface area contributed by atoms with Crippen LogP contribution in [0.5, 0.6) is 34.5 Å². The van der Waals surface area contributed by atoms with Crippen LogP contribution in [0.4, 0.5) is 0 Å². The Balaban J connectivity index is 0.000000440. The summed E-state index contributed by atoms with van der Waals surface area (Å²) in [6, 6.07) is 22.3. The maximum Gasteiger partial charge on any atom is 2.00 e. The summed E-state index contributed by atoms with van der Waals surface area (Å²) in [5.41, 5.74) is 1.05. The second-order valence-corrected chi connectivity index (χ2v) is 19.6. The number of hydrogen-bond acceptors (Lipinski definition) is 9. The second-order valence-electron chi connectivity index (χ2n) is 16.9. The molecule has 10 nitrogen and oxygen atoms in total. The third-order valence-electron chi connectivity index (χ3n) is 11.3. The average Bonchev–Trinajstić information content (AvgIpc) is 3.26. The van der Waals surface area contributed by atoms with Crippen molar-refractivity contribution in [2.24, 2.45) is 0 Å². The number of hydrogen-bond donors (Lipinski definition) is 2. The molecule has 0 heterocycles. The van der Waals surface area contributed by atoms with Gasteiger partial charge in [-0.05, 0) is 73.2 Å². The van der Waals surface area contributed by atoms with Gasteiger partial charge in [-0.15, -0.1) is 5.75 Å². The Morgan fingerprint density at radius 1 is 0.477 bits per heavy atom. The zero-order valence-corrected chi connectivity index (χ0v) is 43.0. The minimum atomic E-state index is -4.83. The number of ether oxygens (including phenoxy) is 2. The van der Waals surface area contributed by atoms with Gasteiger partial charge in [0.05, 0.1) is 4.90 Å². The molecule has 0 bridgehead atoms. The van der Waals surface area contributed by atoms with E-state index in [-0.39, 0.29) is 55.0 Å². The van der Waals surface area contributed by atoms with Gasteiger partial charge >= 0.3 is 37.7 Å². The average molecular weight is 963 g/mol. The Labute approximate surface area is 421 Å². The number of unbranched alkanes of at least 4 members (excludes halogenated alkanes) is 22. The summed E-state index contributed by atoms with van der Waals surface area (Å²) in [5.74, 6) is 0.264. The van der Waals surface area contributed by atoms with Crippen LogP contribution >= 0.6 is 0 Å². The molecule has 0 saturated heterocycles. The van der Waals surface area contributed by atoms with E-state index in [0.29, 0.717) is 35.5 Å². The van der Waals surface area contributed by atoms with E-state index in [1.54, 1.807) is 48.5 Å². The van der Waals surface area contributed by atoms with E-state index >= 15 is 0 Å². The molecule has 0 aliphatic rings.